The Morgan fingerprint density at radius 2 is 1.49 bits per heavy atom. The van der Waals surface area contributed by atoms with Gasteiger partial charge in [0.2, 0.25) is 0 Å². The summed E-state index contributed by atoms with van der Waals surface area (Å²) in [6.45, 7) is 2.13. The van der Waals surface area contributed by atoms with Gasteiger partial charge in [-0.2, -0.15) is 5.01 Å². The Morgan fingerprint density at radius 1 is 0.838 bits per heavy atom. The maximum atomic E-state index is 14.2. The number of amides is 1. The number of morpholine rings is 1. The van der Waals surface area contributed by atoms with Crippen LogP contribution in [0.25, 0.3) is 0 Å². The van der Waals surface area contributed by atoms with E-state index in [9.17, 15) is 14.4 Å². The highest BCUT2D eigenvalue weighted by Gasteiger charge is 2.61. The fraction of sp³-hybridized carbons (Fsp3) is 0.370. The summed E-state index contributed by atoms with van der Waals surface area (Å²) in [6, 6.07) is 14.9. The van der Waals surface area contributed by atoms with Gasteiger partial charge < -0.3 is 18.9 Å². The number of esters is 2. The van der Waals surface area contributed by atoms with Crippen LogP contribution < -0.4 is 4.74 Å². The zero-order valence-electron chi connectivity index (χ0n) is 21.0. The molecule has 3 atom stereocenters. The van der Waals surface area contributed by atoms with Gasteiger partial charge in [-0.3, -0.25) is 9.69 Å². The second-order valence-corrected chi connectivity index (χ2v) is 8.90. The van der Waals surface area contributed by atoms with Crippen LogP contribution in [0.4, 0.5) is 0 Å². The van der Waals surface area contributed by atoms with Crippen molar-refractivity contribution in [3.8, 4) is 5.75 Å². The molecule has 3 aliphatic rings. The molecule has 0 radical (unpaired) electrons. The zero-order chi connectivity index (χ0) is 26.1. The summed E-state index contributed by atoms with van der Waals surface area (Å²) in [5.74, 6) is -1.17. The van der Waals surface area contributed by atoms with E-state index >= 15 is 0 Å². The smallest absolute Gasteiger partial charge is 0.356 e. The second kappa shape index (κ2) is 10.3. The first kappa shape index (κ1) is 24.9. The molecule has 10 heteroatoms. The van der Waals surface area contributed by atoms with Gasteiger partial charge in [0, 0.05) is 13.1 Å². The molecule has 0 aliphatic carbocycles. The highest BCUT2D eigenvalue weighted by molar-refractivity contribution is 6.06. The predicted octanol–water partition coefficient (Wildman–Crippen LogP) is 1.85. The lowest BCUT2D eigenvalue weighted by Gasteiger charge is -2.37. The summed E-state index contributed by atoms with van der Waals surface area (Å²) in [6.07, 6.45) is 0. The van der Waals surface area contributed by atoms with E-state index in [1.807, 2.05) is 47.5 Å². The molecule has 2 fully saturated rings. The number of ether oxygens (including phenoxy) is 4. The highest BCUT2D eigenvalue weighted by Crippen LogP contribution is 2.52. The molecule has 194 valence electrons. The van der Waals surface area contributed by atoms with Crippen molar-refractivity contribution in [2.45, 2.75) is 18.1 Å². The quantitative estimate of drug-likeness (QED) is 0.543. The molecule has 2 aromatic carbocycles. The van der Waals surface area contributed by atoms with Crippen LogP contribution in [0.15, 0.2) is 65.9 Å². The molecule has 3 heterocycles. The normalized spacial score (nSPS) is 24.2. The van der Waals surface area contributed by atoms with Gasteiger partial charge in [-0.15, -0.1) is 0 Å². The molecule has 3 aliphatic heterocycles. The van der Waals surface area contributed by atoms with Crippen LogP contribution in [0.5, 0.6) is 5.75 Å². The van der Waals surface area contributed by atoms with Crippen molar-refractivity contribution >= 4 is 17.8 Å². The van der Waals surface area contributed by atoms with Gasteiger partial charge in [-0.05, 0) is 23.3 Å². The Bertz CT molecular complexity index is 1210. The SMILES string of the molecule is COC(=O)C1=C(C(=O)OC)N2C(=O)[C@@H](N3CCOCC3)[C@H](c3ccccc3)N2[C@@H]1c1ccc(OC)cc1. The minimum absolute atomic E-state index is 0.0502. The molecule has 0 saturated carbocycles. The topological polar surface area (TPSA) is 97.9 Å². The lowest BCUT2D eigenvalue weighted by molar-refractivity contribution is -0.147. The third-order valence-electron chi connectivity index (χ3n) is 7.08. The molecule has 2 aromatic rings. The number of nitrogens with zero attached hydrogens (tertiary/aromatic N) is 3. The van der Waals surface area contributed by atoms with E-state index in [0.29, 0.717) is 37.6 Å². The second-order valence-electron chi connectivity index (χ2n) is 8.90. The van der Waals surface area contributed by atoms with Crippen molar-refractivity contribution < 1.29 is 33.3 Å². The molecule has 2 saturated heterocycles. The minimum atomic E-state index is -0.788. The monoisotopic (exact) mass is 507 g/mol. The van der Waals surface area contributed by atoms with E-state index < -0.39 is 30.1 Å². The Morgan fingerprint density at radius 3 is 2.08 bits per heavy atom. The lowest BCUT2D eigenvalue weighted by atomic mass is 9.92. The summed E-state index contributed by atoms with van der Waals surface area (Å²) < 4.78 is 21.1. The molecule has 1 amide bonds. The van der Waals surface area contributed by atoms with Crippen LogP contribution in [0.1, 0.15) is 23.2 Å². The van der Waals surface area contributed by atoms with Gasteiger partial charge in [-0.25, -0.2) is 14.6 Å². The van der Waals surface area contributed by atoms with Crippen molar-refractivity contribution in [2.75, 3.05) is 47.6 Å². The number of methoxy groups -OCH3 is 3. The van der Waals surface area contributed by atoms with Gasteiger partial charge >= 0.3 is 11.9 Å². The fourth-order valence-corrected chi connectivity index (χ4v) is 5.43. The standard InChI is InChI=1S/C27H29N3O7/c1-34-19-11-9-18(10-12-19)21-20(26(32)35-2)23(27(33)36-3)30-25(31)24(28-13-15-37-16-14-28)22(29(21)30)17-7-5-4-6-8-17/h4-12,21-22,24H,13-16H2,1-3H3/t21-,22+,24+/m1/s1. The largest absolute Gasteiger partial charge is 0.497 e. The molecule has 0 bridgehead atoms. The maximum Gasteiger partial charge on any atom is 0.356 e. The molecule has 37 heavy (non-hydrogen) atoms. The summed E-state index contributed by atoms with van der Waals surface area (Å²) in [5, 5.41) is 3.14. The van der Waals surface area contributed by atoms with E-state index in [1.54, 1.807) is 19.2 Å². The predicted molar refractivity (Wildman–Crippen MR) is 131 cm³/mol. The number of carbonyl (C=O) groups excluding carboxylic acids is 3. The number of rotatable bonds is 6. The van der Waals surface area contributed by atoms with Gasteiger partial charge in [0.15, 0.2) is 5.70 Å². The van der Waals surface area contributed by atoms with Gasteiger partial charge in [-0.1, -0.05) is 42.5 Å². The minimum Gasteiger partial charge on any atom is -0.497 e. The number of hydrogen-bond donors (Lipinski definition) is 0. The number of fused-ring (bicyclic) bond motifs is 1. The number of carbonyl (C=O) groups is 3. The molecule has 0 aromatic heterocycles. The van der Waals surface area contributed by atoms with E-state index in [2.05, 4.69) is 4.90 Å². The first-order valence-corrected chi connectivity index (χ1v) is 12.1. The number of hydrazine groups is 1. The van der Waals surface area contributed by atoms with Crippen LogP contribution >= 0.6 is 0 Å². The zero-order valence-corrected chi connectivity index (χ0v) is 21.0. The average molecular weight is 508 g/mol. The van der Waals surface area contributed by atoms with Crippen molar-refractivity contribution in [1.29, 1.82) is 0 Å². The first-order chi connectivity index (χ1) is 18.0. The fourth-order valence-electron chi connectivity index (χ4n) is 5.43. The summed E-state index contributed by atoms with van der Waals surface area (Å²) >= 11 is 0. The molecule has 10 nitrogen and oxygen atoms in total. The van der Waals surface area contributed by atoms with E-state index in [0.717, 1.165) is 5.56 Å². The van der Waals surface area contributed by atoms with Crippen molar-refractivity contribution in [2.24, 2.45) is 0 Å². The number of benzene rings is 2. The lowest BCUT2D eigenvalue weighted by Crippen LogP contribution is -2.49. The van der Waals surface area contributed by atoms with E-state index in [-0.39, 0.29) is 17.2 Å². The van der Waals surface area contributed by atoms with Gasteiger partial charge in [0.1, 0.15) is 11.8 Å². The van der Waals surface area contributed by atoms with Crippen LogP contribution in [-0.4, -0.2) is 86.4 Å². The van der Waals surface area contributed by atoms with Crippen LogP contribution in [0, 0.1) is 0 Å². The molecule has 0 spiro atoms. The Hall–Kier alpha value is -3.73. The molecule has 0 N–H and O–H groups in total. The summed E-state index contributed by atoms with van der Waals surface area (Å²) in [7, 11) is 4.05. The molecular formula is C27H29N3O7. The summed E-state index contributed by atoms with van der Waals surface area (Å²) in [5.41, 5.74) is 1.50. The van der Waals surface area contributed by atoms with Crippen LogP contribution in [-0.2, 0) is 28.6 Å². The van der Waals surface area contributed by atoms with E-state index in [4.69, 9.17) is 18.9 Å². The van der Waals surface area contributed by atoms with Crippen molar-refractivity contribution in [3.05, 3.63) is 77.0 Å². The number of hydrogen-bond acceptors (Lipinski definition) is 9. The third-order valence-corrected chi connectivity index (χ3v) is 7.08. The Balaban J connectivity index is 1.74. The molecule has 5 rings (SSSR count). The van der Waals surface area contributed by atoms with Crippen LogP contribution in [0.2, 0.25) is 0 Å². The molecule has 0 unspecified atom stereocenters. The van der Waals surface area contributed by atoms with Gasteiger partial charge in [0.05, 0.1) is 52.2 Å². The first-order valence-electron chi connectivity index (χ1n) is 12.1. The molecular weight excluding hydrogens is 478 g/mol. The van der Waals surface area contributed by atoms with Crippen molar-refractivity contribution in [1.82, 2.24) is 14.9 Å². The average Bonchev–Trinajstić information content (AvgIpc) is 3.45. The maximum absolute atomic E-state index is 14.2. The Labute approximate surface area is 214 Å². The van der Waals surface area contributed by atoms with Crippen molar-refractivity contribution in [3.63, 3.8) is 0 Å². The summed E-state index contributed by atoms with van der Waals surface area (Å²) in [4.78, 5) is 42.7. The van der Waals surface area contributed by atoms with Crippen LogP contribution in [0.3, 0.4) is 0 Å². The highest BCUT2D eigenvalue weighted by atomic mass is 16.5. The van der Waals surface area contributed by atoms with E-state index in [1.165, 1.54) is 19.2 Å². The van der Waals surface area contributed by atoms with Gasteiger partial charge in [0.25, 0.3) is 5.91 Å². The third kappa shape index (κ3) is 4.16. The Kier molecular flexibility index (Phi) is 6.96.